The average Bonchev–Trinajstić information content (AvgIpc) is 2.87. The number of aromatic nitrogens is 1. The molecule has 3 nitrogen and oxygen atoms in total. The molecule has 0 radical (unpaired) electrons. The lowest BCUT2D eigenvalue weighted by Gasteiger charge is -2.14. The number of halogens is 1. The van der Waals surface area contributed by atoms with Crippen molar-refractivity contribution in [2.24, 2.45) is 0 Å². The van der Waals surface area contributed by atoms with Gasteiger partial charge in [0.1, 0.15) is 4.88 Å². The van der Waals surface area contributed by atoms with Gasteiger partial charge in [-0.15, -0.1) is 0 Å². The highest BCUT2D eigenvalue weighted by Gasteiger charge is 2.12. The molecule has 2 rings (SSSR count). The Morgan fingerprint density at radius 2 is 2.44 bits per heavy atom. The molecule has 0 aliphatic heterocycles. The number of anilines is 1. The topological polar surface area (TPSA) is 33.2 Å². The minimum Gasteiger partial charge on any atom is -0.347 e. The van der Waals surface area contributed by atoms with Gasteiger partial charge in [-0.2, -0.15) is 11.3 Å². The molecule has 2 aromatic heterocycles. The van der Waals surface area contributed by atoms with E-state index in [1.165, 1.54) is 16.9 Å². The van der Waals surface area contributed by atoms with Gasteiger partial charge in [-0.3, -0.25) is 4.79 Å². The van der Waals surface area contributed by atoms with Crippen LogP contribution in [0.5, 0.6) is 0 Å². The molecule has 0 saturated heterocycles. The molecule has 6 heteroatoms. The van der Waals surface area contributed by atoms with Crippen LogP contribution >= 0.6 is 34.3 Å². The van der Waals surface area contributed by atoms with Crippen molar-refractivity contribution in [1.82, 2.24) is 4.98 Å². The van der Waals surface area contributed by atoms with Crippen molar-refractivity contribution in [3.8, 4) is 0 Å². The van der Waals surface area contributed by atoms with Crippen molar-refractivity contribution in [2.75, 3.05) is 11.9 Å². The summed E-state index contributed by atoms with van der Waals surface area (Å²) >= 11 is 8.79. The summed E-state index contributed by atoms with van der Waals surface area (Å²) in [6, 6.07) is 2.07. The number of thiazole rings is 1. The van der Waals surface area contributed by atoms with Crippen LogP contribution in [0.15, 0.2) is 16.8 Å². The van der Waals surface area contributed by atoms with Crippen LogP contribution in [0, 0.1) is 0 Å². The standard InChI is InChI=1S/C10H9ClN2OS2/c1-13(4-7-2-3-15-6-7)10-12-9(11)8(5-14)16-10/h2-3,5-6H,4H2,1H3. The van der Waals surface area contributed by atoms with Gasteiger partial charge >= 0.3 is 0 Å². The lowest BCUT2D eigenvalue weighted by molar-refractivity contribution is 0.112. The van der Waals surface area contributed by atoms with Gasteiger partial charge in [0.15, 0.2) is 16.6 Å². The van der Waals surface area contributed by atoms with Crippen molar-refractivity contribution in [1.29, 1.82) is 0 Å². The minimum absolute atomic E-state index is 0.284. The maximum absolute atomic E-state index is 10.6. The van der Waals surface area contributed by atoms with E-state index >= 15 is 0 Å². The number of carbonyl (C=O) groups excluding carboxylic acids is 1. The quantitative estimate of drug-likeness (QED) is 0.801. The normalized spacial score (nSPS) is 10.4. The predicted octanol–water partition coefficient (Wildman–Crippen LogP) is 3.31. The minimum atomic E-state index is 0.284. The van der Waals surface area contributed by atoms with Gasteiger partial charge in [-0.05, 0) is 22.4 Å². The Morgan fingerprint density at radius 3 is 3.00 bits per heavy atom. The van der Waals surface area contributed by atoms with E-state index in [-0.39, 0.29) is 5.15 Å². The van der Waals surface area contributed by atoms with E-state index in [4.69, 9.17) is 11.6 Å². The summed E-state index contributed by atoms with van der Waals surface area (Å²) in [4.78, 5) is 17.3. The van der Waals surface area contributed by atoms with Gasteiger partial charge in [-0.1, -0.05) is 22.9 Å². The largest absolute Gasteiger partial charge is 0.347 e. The van der Waals surface area contributed by atoms with Gasteiger partial charge in [-0.25, -0.2) is 4.98 Å². The number of hydrogen-bond donors (Lipinski definition) is 0. The molecule has 84 valence electrons. The lowest BCUT2D eigenvalue weighted by Crippen LogP contribution is -2.15. The van der Waals surface area contributed by atoms with Crippen molar-refractivity contribution in [2.45, 2.75) is 6.54 Å². The molecular weight excluding hydrogens is 264 g/mol. The molecule has 0 unspecified atom stereocenters. The van der Waals surface area contributed by atoms with Crippen molar-refractivity contribution >= 4 is 45.7 Å². The van der Waals surface area contributed by atoms with E-state index < -0.39 is 0 Å². The Labute approximate surface area is 106 Å². The van der Waals surface area contributed by atoms with E-state index in [0.717, 1.165) is 18.0 Å². The second-order valence-electron chi connectivity index (χ2n) is 3.26. The molecule has 0 bridgehead atoms. The summed E-state index contributed by atoms with van der Waals surface area (Å²) < 4.78 is 0. The zero-order valence-electron chi connectivity index (χ0n) is 8.51. The summed E-state index contributed by atoms with van der Waals surface area (Å²) in [5, 5.41) is 5.17. The summed E-state index contributed by atoms with van der Waals surface area (Å²) in [5.41, 5.74) is 1.23. The van der Waals surface area contributed by atoms with Crippen molar-refractivity contribution in [3.05, 3.63) is 32.4 Å². The first-order valence-corrected chi connectivity index (χ1v) is 6.68. The maximum Gasteiger partial charge on any atom is 0.187 e. The van der Waals surface area contributed by atoms with E-state index in [1.807, 2.05) is 17.3 Å². The Morgan fingerprint density at radius 1 is 1.62 bits per heavy atom. The molecule has 2 aromatic rings. The third-order valence-corrected chi connectivity index (χ3v) is 4.26. The molecule has 0 aliphatic carbocycles. The maximum atomic E-state index is 10.6. The first-order valence-electron chi connectivity index (χ1n) is 4.54. The third-order valence-electron chi connectivity index (χ3n) is 2.03. The van der Waals surface area contributed by atoms with Crippen LogP contribution in [-0.2, 0) is 6.54 Å². The fourth-order valence-corrected chi connectivity index (χ4v) is 2.94. The predicted molar refractivity (Wildman–Crippen MR) is 68.9 cm³/mol. The molecule has 2 heterocycles. The summed E-state index contributed by atoms with van der Waals surface area (Å²) in [6.07, 6.45) is 0.738. The van der Waals surface area contributed by atoms with Crippen LogP contribution < -0.4 is 4.90 Å². The summed E-state index contributed by atoms with van der Waals surface area (Å²) in [6.45, 7) is 0.769. The Kier molecular flexibility index (Phi) is 3.58. The Balaban J connectivity index is 2.14. The Bertz CT molecular complexity index is 481. The smallest absolute Gasteiger partial charge is 0.187 e. The highest BCUT2D eigenvalue weighted by molar-refractivity contribution is 7.17. The monoisotopic (exact) mass is 272 g/mol. The van der Waals surface area contributed by atoms with Crippen LogP contribution in [0.1, 0.15) is 15.2 Å². The number of aldehydes is 1. The molecule has 0 saturated carbocycles. The van der Waals surface area contributed by atoms with E-state index in [9.17, 15) is 4.79 Å². The van der Waals surface area contributed by atoms with Gasteiger partial charge < -0.3 is 4.90 Å². The molecular formula is C10H9ClN2OS2. The van der Waals surface area contributed by atoms with Gasteiger partial charge in [0.05, 0.1) is 0 Å². The molecule has 0 spiro atoms. The van der Waals surface area contributed by atoms with Crippen molar-refractivity contribution in [3.63, 3.8) is 0 Å². The number of rotatable bonds is 4. The second-order valence-corrected chi connectivity index (χ2v) is 5.40. The summed E-state index contributed by atoms with van der Waals surface area (Å²) in [5.74, 6) is 0. The van der Waals surface area contributed by atoms with Crippen LogP contribution in [0.2, 0.25) is 5.15 Å². The zero-order valence-corrected chi connectivity index (χ0v) is 10.9. The SMILES string of the molecule is CN(Cc1ccsc1)c1nc(Cl)c(C=O)s1. The number of carbonyl (C=O) groups is 1. The highest BCUT2D eigenvalue weighted by Crippen LogP contribution is 2.28. The molecule has 0 aliphatic rings. The summed E-state index contributed by atoms with van der Waals surface area (Å²) in [7, 11) is 1.93. The zero-order chi connectivity index (χ0) is 11.5. The molecule has 0 N–H and O–H groups in total. The highest BCUT2D eigenvalue weighted by atomic mass is 35.5. The first-order chi connectivity index (χ1) is 7.70. The molecule has 16 heavy (non-hydrogen) atoms. The van der Waals surface area contributed by atoms with Crippen molar-refractivity contribution < 1.29 is 4.79 Å². The number of nitrogens with zero attached hydrogens (tertiary/aromatic N) is 2. The van der Waals surface area contributed by atoms with Crippen LogP contribution in [-0.4, -0.2) is 18.3 Å². The van der Waals surface area contributed by atoms with Crippen LogP contribution in [0.4, 0.5) is 5.13 Å². The molecule has 0 fully saturated rings. The molecule has 0 amide bonds. The van der Waals surface area contributed by atoms with Gasteiger partial charge in [0.2, 0.25) is 0 Å². The van der Waals surface area contributed by atoms with Gasteiger partial charge in [0, 0.05) is 13.6 Å². The second kappa shape index (κ2) is 4.95. The number of thiophene rings is 1. The van der Waals surface area contributed by atoms with Gasteiger partial charge in [0.25, 0.3) is 0 Å². The lowest BCUT2D eigenvalue weighted by atomic mass is 10.3. The number of hydrogen-bond acceptors (Lipinski definition) is 5. The molecule has 0 atom stereocenters. The molecule has 0 aromatic carbocycles. The fourth-order valence-electron chi connectivity index (χ4n) is 1.26. The Hall–Kier alpha value is -0.910. The van der Waals surface area contributed by atoms with E-state index in [1.54, 1.807) is 11.3 Å². The first kappa shape index (κ1) is 11.6. The van der Waals surface area contributed by atoms with E-state index in [0.29, 0.717) is 4.88 Å². The van der Waals surface area contributed by atoms with Crippen LogP contribution in [0.25, 0.3) is 0 Å². The third kappa shape index (κ3) is 2.42. The average molecular weight is 273 g/mol. The van der Waals surface area contributed by atoms with E-state index in [2.05, 4.69) is 16.4 Å². The van der Waals surface area contributed by atoms with Crippen LogP contribution in [0.3, 0.4) is 0 Å². The fraction of sp³-hybridized carbons (Fsp3) is 0.200.